The van der Waals surface area contributed by atoms with Gasteiger partial charge in [0.05, 0.1) is 43.6 Å². The molecule has 0 saturated carbocycles. The Morgan fingerprint density at radius 2 is 1.89 bits per heavy atom. The number of rotatable bonds is 7. The molecule has 2 aliphatic heterocycles. The molecule has 37 heavy (non-hydrogen) atoms. The lowest BCUT2D eigenvalue weighted by Gasteiger charge is -2.26. The van der Waals surface area contributed by atoms with Gasteiger partial charge >= 0.3 is 5.97 Å². The molecule has 2 aromatic carbocycles. The predicted molar refractivity (Wildman–Crippen MR) is 139 cm³/mol. The second-order valence-electron chi connectivity index (χ2n) is 8.10. The first-order valence-corrected chi connectivity index (χ1v) is 12.3. The minimum absolute atomic E-state index is 0.104. The number of thioether (sulfide) groups is 1. The van der Waals surface area contributed by atoms with Gasteiger partial charge in [0.2, 0.25) is 0 Å². The minimum atomic E-state index is -0.460. The summed E-state index contributed by atoms with van der Waals surface area (Å²) in [4.78, 5) is 45.2. The summed E-state index contributed by atoms with van der Waals surface area (Å²) in [7, 11) is 4.47. The van der Waals surface area contributed by atoms with Gasteiger partial charge in [0, 0.05) is 20.1 Å². The topological polar surface area (TPSA) is 107 Å². The number of morpholine rings is 1. The van der Waals surface area contributed by atoms with Gasteiger partial charge in [-0.2, -0.15) is 0 Å². The van der Waals surface area contributed by atoms with Gasteiger partial charge in [-0.15, -0.1) is 0 Å². The maximum absolute atomic E-state index is 12.9. The molecular formula is C26H27N3O7S. The zero-order valence-corrected chi connectivity index (χ0v) is 21.6. The van der Waals surface area contributed by atoms with Crippen molar-refractivity contribution in [2.45, 2.75) is 0 Å². The smallest absolute Gasteiger partial charge is 0.337 e. The van der Waals surface area contributed by atoms with Crippen molar-refractivity contribution in [1.82, 2.24) is 9.80 Å². The van der Waals surface area contributed by atoms with Crippen LogP contribution in [0.4, 0.5) is 5.69 Å². The summed E-state index contributed by atoms with van der Waals surface area (Å²) in [6.07, 6.45) is 1.74. The van der Waals surface area contributed by atoms with E-state index in [1.54, 1.807) is 60.5 Å². The Morgan fingerprint density at radius 3 is 2.62 bits per heavy atom. The quantitative estimate of drug-likeness (QED) is 0.401. The maximum Gasteiger partial charge on any atom is 0.337 e. The van der Waals surface area contributed by atoms with Gasteiger partial charge in [0.1, 0.15) is 0 Å². The van der Waals surface area contributed by atoms with Gasteiger partial charge in [-0.05, 0) is 53.7 Å². The van der Waals surface area contributed by atoms with Gasteiger partial charge in [-0.25, -0.2) is 9.79 Å². The van der Waals surface area contributed by atoms with E-state index in [0.717, 1.165) is 5.56 Å². The number of methoxy groups -OCH3 is 2. The molecule has 2 fully saturated rings. The molecule has 2 amide bonds. The van der Waals surface area contributed by atoms with Crippen molar-refractivity contribution in [3.63, 3.8) is 0 Å². The highest BCUT2D eigenvalue weighted by Crippen LogP contribution is 2.35. The average Bonchev–Trinajstić information content (AvgIpc) is 3.19. The third-order valence-electron chi connectivity index (χ3n) is 5.70. The molecule has 0 unspecified atom stereocenters. The predicted octanol–water partition coefficient (Wildman–Crippen LogP) is 2.95. The lowest BCUT2D eigenvalue weighted by atomic mass is 10.2. The number of aliphatic imine (C=N–C) groups is 1. The molecule has 0 radical (unpaired) electrons. The lowest BCUT2D eigenvalue weighted by molar-refractivity contribution is -0.137. The van der Waals surface area contributed by atoms with Crippen LogP contribution < -0.4 is 9.47 Å². The fourth-order valence-electron chi connectivity index (χ4n) is 3.67. The van der Waals surface area contributed by atoms with Crippen molar-refractivity contribution in [2.75, 3.05) is 54.2 Å². The minimum Gasteiger partial charge on any atom is -0.493 e. The molecule has 4 rings (SSSR count). The van der Waals surface area contributed by atoms with E-state index in [1.807, 2.05) is 0 Å². The fourth-order valence-corrected chi connectivity index (χ4v) is 4.66. The Bertz CT molecular complexity index is 1250. The average molecular weight is 526 g/mol. The lowest BCUT2D eigenvalue weighted by Crippen LogP contribution is -2.43. The number of esters is 1. The number of carbonyl (C=O) groups excluding carboxylic acids is 3. The van der Waals surface area contributed by atoms with Gasteiger partial charge in [-0.3, -0.25) is 14.5 Å². The second kappa shape index (κ2) is 11.9. The standard InChI is InChI=1S/C26H27N3O7S/c1-28-24(31)22(37-26(28)27-19-6-4-5-18(15-19)25(32)34-3)14-17-7-8-20(21(13-17)33-2)36-16-23(30)29-9-11-35-12-10-29/h4-8,13-15H,9-12,16H2,1-3H3. The summed E-state index contributed by atoms with van der Waals surface area (Å²) >= 11 is 1.22. The van der Waals surface area contributed by atoms with Crippen LogP contribution >= 0.6 is 11.8 Å². The zero-order chi connectivity index (χ0) is 26.4. The molecule has 0 atom stereocenters. The molecule has 0 N–H and O–H groups in total. The number of amidine groups is 1. The molecule has 0 bridgehead atoms. The number of ether oxygens (including phenoxy) is 4. The van der Waals surface area contributed by atoms with E-state index in [0.29, 0.717) is 59.1 Å². The van der Waals surface area contributed by atoms with Crippen LogP contribution in [0.25, 0.3) is 6.08 Å². The fraction of sp³-hybridized carbons (Fsp3) is 0.308. The summed E-state index contributed by atoms with van der Waals surface area (Å²) in [6, 6.07) is 11.9. The van der Waals surface area contributed by atoms with E-state index >= 15 is 0 Å². The summed E-state index contributed by atoms with van der Waals surface area (Å²) < 4.78 is 21.2. The molecule has 10 nitrogen and oxygen atoms in total. The summed E-state index contributed by atoms with van der Waals surface area (Å²) in [6.45, 7) is 2.04. The highest BCUT2D eigenvalue weighted by atomic mass is 32.2. The van der Waals surface area contributed by atoms with E-state index in [4.69, 9.17) is 18.9 Å². The SMILES string of the molecule is COC(=O)c1cccc(N=C2SC(=Cc3ccc(OCC(=O)N4CCOCC4)c(OC)c3)C(=O)N2C)c1. The number of nitrogens with zero attached hydrogens (tertiary/aromatic N) is 3. The van der Waals surface area contributed by atoms with E-state index in [-0.39, 0.29) is 18.4 Å². The zero-order valence-electron chi connectivity index (χ0n) is 20.8. The molecule has 0 aliphatic carbocycles. The van der Waals surface area contributed by atoms with Crippen molar-refractivity contribution in [1.29, 1.82) is 0 Å². The van der Waals surface area contributed by atoms with Crippen LogP contribution in [0.5, 0.6) is 11.5 Å². The molecule has 2 aliphatic rings. The molecule has 0 spiro atoms. The first kappa shape index (κ1) is 26.2. The highest BCUT2D eigenvalue weighted by Gasteiger charge is 2.30. The van der Waals surface area contributed by atoms with Crippen molar-refractivity contribution in [3.05, 3.63) is 58.5 Å². The van der Waals surface area contributed by atoms with Gasteiger partial charge in [0.25, 0.3) is 11.8 Å². The first-order valence-electron chi connectivity index (χ1n) is 11.5. The van der Waals surface area contributed by atoms with E-state index in [9.17, 15) is 14.4 Å². The van der Waals surface area contributed by atoms with Crippen molar-refractivity contribution in [3.8, 4) is 11.5 Å². The number of likely N-dealkylation sites (N-methyl/N-ethyl adjacent to an activating group) is 1. The van der Waals surface area contributed by atoms with E-state index in [2.05, 4.69) is 4.99 Å². The Morgan fingerprint density at radius 1 is 1.11 bits per heavy atom. The normalized spacial score (nSPS) is 17.9. The van der Waals surface area contributed by atoms with Crippen LogP contribution in [0.2, 0.25) is 0 Å². The highest BCUT2D eigenvalue weighted by molar-refractivity contribution is 8.18. The number of carbonyl (C=O) groups is 3. The van der Waals surface area contributed by atoms with E-state index in [1.165, 1.54) is 30.9 Å². The molecule has 11 heteroatoms. The maximum atomic E-state index is 12.9. The Hall–Kier alpha value is -3.83. The Labute approximate surface area is 218 Å². The van der Waals surface area contributed by atoms with Crippen LogP contribution in [0.15, 0.2) is 52.4 Å². The van der Waals surface area contributed by atoms with Crippen LogP contribution in [0, 0.1) is 0 Å². The van der Waals surface area contributed by atoms with Gasteiger partial charge in [-0.1, -0.05) is 12.1 Å². The molecule has 2 heterocycles. The summed E-state index contributed by atoms with van der Waals surface area (Å²) in [5, 5.41) is 0.479. The summed E-state index contributed by atoms with van der Waals surface area (Å²) in [5.41, 5.74) is 1.63. The largest absolute Gasteiger partial charge is 0.493 e. The molecule has 0 aromatic heterocycles. The molecule has 194 valence electrons. The van der Waals surface area contributed by atoms with Crippen molar-refractivity contribution < 1.29 is 33.3 Å². The number of benzene rings is 2. The number of hydrogen-bond acceptors (Lipinski definition) is 9. The number of hydrogen-bond donors (Lipinski definition) is 0. The van der Waals surface area contributed by atoms with Crippen molar-refractivity contribution in [2.24, 2.45) is 4.99 Å². The Kier molecular flexibility index (Phi) is 8.47. The number of amides is 2. The molecule has 2 saturated heterocycles. The molecule has 2 aromatic rings. The van der Waals surface area contributed by atoms with Crippen LogP contribution in [-0.2, 0) is 19.1 Å². The van der Waals surface area contributed by atoms with Crippen molar-refractivity contribution >= 4 is 46.5 Å². The monoisotopic (exact) mass is 525 g/mol. The van der Waals surface area contributed by atoms with Crippen LogP contribution in [-0.4, -0.2) is 86.9 Å². The first-order chi connectivity index (χ1) is 17.9. The van der Waals surface area contributed by atoms with Crippen LogP contribution in [0.3, 0.4) is 0 Å². The van der Waals surface area contributed by atoms with E-state index < -0.39 is 5.97 Å². The second-order valence-corrected chi connectivity index (χ2v) is 9.11. The third-order valence-corrected chi connectivity index (χ3v) is 6.76. The summed E-state index contributed by atoms with van der Waals surface area (Å²) in [5.74, 6) is 0.0979. The van der Waals surface area contributed by atoms with Crippen LogP contribution in [0.1, 0.15) is 15.9 Å². The Balaban J connectivity index is 1.47. The van der Waals surface area contributed by atoms with Gasteiger partial charge in [0.15, 0.2) is 23.3 Å². The third kappa shape index (κ3) is 6.30. The molecular weight excluding hydrogens is 498 g/mol. The van der Waals surface area contributed by atoms with Gasteiger partial charge < -0.3 is 23.8 Å².